The van der Waals surface area contributed by atoms with Crippen LogP contribution in [0.25, 0.3) is 0 Å². The second-order valence-corrected chi connectivity index (χ2v) is 7.40. The third-order valence-corrected chi connectivity index (χ3v) is 6.70. The molecule has 0 aromatic carbocycles. The van der Waals surface area contributed by atoms with Gasteiger partial charge in [0.15, 0.2) is 0 Å². The zero-order valence-electron chi connectivity index (χ0n) is 11.7. The van der Waals surface area contributed by atoms with E-state index in [2.05, 4.69) is 25.7 Å². The van der Waals surface area contributed by atoms with Crippen LogP contribution in [0.2, 0.25) is 0 Å². The van der Waals surface area contributed by atoms with Gasteiger partial charge < -0.3 is 5.73 Å². The molecule has 4 atom stereocenters. The lowest BCUT2D eigenvalue weighted by Gasteiger charge is -2.42. The van der Waals surface area contributed by atoms with E-state index >= 15 is 0 Å². The predicted octanol–water partition coefficient (Wildman–Crippen LogP) is 2.62. The van der Waals surface area contributed by atoms with Crippen molar-refractivity contribution >= 4 is 0 Å². The Morgan fingerprint density at radius 1 is 1.06 bits per heavy atom. The molecule has 0 spiro atoms. The maximum Gasteiger partial charge on any atom is 0.0286 e. The molecule has 0 aromatic heterocycles. The normalized spacial score (nSPS) is 49.8. The number of fused-ring (bicyclic) bond motifs is 2. The Hall–Kier alpha value is -0.0800. The fourth-order valence-corrected chi connectivity index (χ4v) is 5.08. The van der Waals surface area contributed by atoms with Gasteiger partial charge in [0, 0.05) is 12.1 Å². The number of likely N-dealkylation sites (tertiary alicyclic amines) is 1. The summed E-state index contributed by atoms with van der Waals surface area (Å²) in [7, 11) is 0. The summed E-state index contributed by atoms with van der Waals surface area (Å²) in [6.45, 7) is 9.96. The monoisotopic (exact) mass is 236 g/mol. The molecule has 98 valence electrons. The second-order valence-electron chi connectivity index (χ2n) is 7.40. The van der Waals surface area contributed by atoms with Crippen molar-refractivity contribution in [1.29, 1.82) is 0 Å². The van der Waals surface area contributed by atoms with Crippen molar-refractivity contribution in [2.24, 2.45) is 22.5 Å². The highest BCUT2D eigenvalue weighted by Crippen LogP contribution is 2.65. The number of piperidine rings is 1. The zero-order chi connectivity index (χ0) is 12.3. The Kier molecular flexibility index (Phi) is 2.61. The van der Waals surface area contributed by atoms with Crippen molar-refractivity contribution < 1.29 is 0 Å². The second kappa shape index (κ2) is 3.71. The van der Waals surface area contributed by atoms with Crippen LogP contribution < -0.4 is 5.73 Å². The maximum atomic E-state index is 6.66. The van der Waals surface area contributed by atoms with Crippen molar-refractivity contribution in [2.45, 2.75) is 65.0 Å². The van der Waals surface area contributed by atoms with Crippen LogP contribution in [0, 0.1) is 16.7 Å². The molecule has 2 heteroatoms. The van der Waals surface area contributed by atoms with E-state index in [1.54, 1.807) is 0 Å². The van der Waals surface area contributed by atoms with Crippen LogP contribution in [0.15, 0.2) is 0 Å². The largest absolute Gasteiger partial charge is 0.326 e. The van der Waals surface area contributed by atoms with Crippen LogP contribution in [0.5, 0.6) is 0 Å². The lowest BCUT2D eigenvalue weighted by Crippen LogP contribution is -2.55. The molecule has 2 saturated carbocycles. The van der Waals surface area contributed by atoms with Crippen molar-refractivity contribution in [2.75, 3.05) is 13.1 Å². The van der Waals surface area contributed by atoms with E-state index in [1.165, 1.54) is 45.2 Å². The molecule has 0 aromatic rings. The molecule has 2 bridgehead atoms. The third kappa shape index (κ3) is 1.40. The molecule has 2 unspecified atom stereocenters. The average molecular weight is 236 g/mol. The Morgan fingerprint density at radius 2 is 1.71 bits per heavy atom. The lowest BCUT2D eigenvalue weighted by atomic mass is 9.69. The number of nitrogens with two attached hydrogens (primary N) is 1. The molecule has 1 saturated heterocycles. The van der Waals surface area contributed by atoms with Crippen molar-refractivity contribution in [3.05, 3.63) is 0 Å². The van der Waals surface area contributed by atoms with Gasteiger partial charge >= 0.3 is 0 Å². The summed E-state index contributed by atoms with van der Waals surface area (Å²) < 4.78 is 0. The van der Waals surface area contributed by atoms with Gasteiger partial charge in [0.2, 0.25) is 0 Å². The molecule has 3 fully saturated rings. The van der Waals surface area contributed by atoms with E-state index in [1.807, 2.05) is 0 Å². The number of hydrogen-bond donors (Lipinski definition) is 1. The van der Waals surface area contributed by atoms with Crippen molar-refractivity contribution in [3.63, 3.8) is 0 Å². The average Bonchev–Trinajstić information content (AvgIpc) is 2.62. The SMILES string of the molecule is CC1(C)C2CCC1(C)[C@@H](N)[C@@H]2N1CCCCC1. The van der Waals surface area contributed by atoms with E-state index < -0.39 is 0 Å². The lowest BCUT2D eigenvalue weighted by molar-refractivity contribution is 0.0890. The highest BCUT2D eigenvalue weighted by Gasteiger charge is 2.65. The van der Waals surface area contributed by atoms with E-state index in [9.17, 15) is 0 Å². The van der Waals surface area contributed by atoms with E-state index in [4.69, 9.17) is 5.73 Å². The number of hydrogen-bond acceptors (Lipinski definition) is 2. The first-order chi connectivity index (χ1) is 7.98. The zero-order valence-corrected chi connectivity index (χ0v) is 11.7. The molecule has 1 aliphatic heterocycles. The standard InChI is InChI=1S/C15H28N2/c1-14(2)11-7-8-15(14,3)13(16)12(11)17-9-5-4-6-10-17/h11-13H,4-10,16H2,1-3H3/t11?,12-,13+,15?/m1/s1. The number of rotatable bonds is 1. The molecule has 0 radical (unpaired) electrons. The molecule has 1 heterocycles. The van der Waals surface area contributed by atoms with Gasteiger partial charge in [-0.15, -0.1) is 0 Å². The Labute approximate surface area is 106 Å². The van der Waals surface area contributed by atoms with Gasteiger partial charge in [-0.1, -0.05) is 27.2 Å². The van der Waals surface area contributed by atoms with Crippen LogP contribution in [0.4, 0.5) is 0 Å². The molecule has 2 nitrogen and oxygen atoms in total. The minimum atomic E-state index is 0.375. The highest BCUT2D eigenvalue weighted by atomic mass is 15.2. The summed E-state index contributed by atoms with van der Waals surface area (Å²) in [5.41, 5.74) is 7.48. The minimum absolute atomic E-state index is 0.375. The van der Waals surface area contributed by atoms with Crippen molar-refractivity contribution in [1.82, 2.24) is 4.90 Å². The molecule has 3 aliphatic rings. The van der Waals surface area contributed by atoms with E-state index in [0.29, 0.717) is 22.9 Å². The third-order valence-electron chi connectivity index (χ3n) is 6.70. The smallest absolute Gasteiger partial charge is 0.0286 e. The highest BCUT2D eigenvalue weighted by molar-refractivity contribution is 5.19. The molecular weight excluding hydrogens is 208 g/mol. The summed E-state index contributed by atoms with van der Waals surface area (Å²) in [6.07, 6.45) is 6.93. The minimum Gasteiger partial charge on any atom is -0.326 e. The summed E-state index contributed by atoms with van der Waals surface area (Å²) in [5, 5.41) is 0. The van der Waals surface area contributed by atoms with Crippen molar-refractivity contribution in [3.8, 4) is 0 Å². The molecule has 3 rings (SSSR count). The van der Waals surface area contributed by atoms with E-state index in [-0.39, 0.29) is 0 Å². The number of nitrogens with zero attached hydrogens (tertiary/aromatic N) is 1. The van der Waals surface area contributed by atoms with Gasteiger partial charge in [0.05, 0.1) is 0 Å². The van der Waals surface area contributed by atoms with Gasteiger partial charge in [0.1, 0.15) is 0 Å². The fourth-order valence-electron chi connectivity index (χ4n) is 5.08. The van der Waals surface area contributed by atoms with Crippen LogP contribution in [-0.4, -0.2) is 30.1 Å². The first-order valence-electron chi connectivity index (χ1n) is 7.48. The Bertz CT molecular complexity index is 306. The van der Waals surface area contributed by atoms with E-state index in [0.717, 1.165) is 5.92 Å². The van der Waals surface area contributed by atoms with Crippen LogP contribution >= 0.6 is 0 Å². The predicted molar refractivity (Wildman–Crippen MR) is 71.8 cm³/mol. The van der Waals surface area contributed by atoms with Gasteiger partial charge in [-0.25, -0.2) is 0 Å². The summed E-state index contributed by atoms with van der Waals surface area (Å²) in [6, 6.07) is 1.07. The summed E-state index contributed by atoms with van der Waals surface area (Å²) in [4.78, 5) is 2.73. The molecule has 17 heavy (non-hydrogen) atoms. The van der Waals surface area contributed by atoms with Crippen LogP contribution in [-0.2, 0) is 0 Å². The van der Waals surface area contributed by atoms with Gasteiger partial charge in [-0.05, 0) is 55.5 Å². The fraction of sp³-hybridized carbons (Fsp3) is 1.00. The molecule has 2 aliphatic carbocycles. The van der Waals surface area contributed by atoms with Gasteiger partial charge in [-0.3, -0.25) is 4.90 Å². The first-order valence-corrected chi connectivity index (χ1v) is 7.48. The maximum absolute atomic E-state index is 6.66. The Morgan fingerprint density at radius 3 is 2.24 bits per heavy atom. The molecule has 2 N–H and O–H groups in total. The summed E-state index contributed by atoms with van der Waals surface area (Å²) >= 11 is 0. The van der Waals surface area contributed by atoms with Crippen LogP contribution in [0.1, 0.15) is 52.9 Å². The molecule has 0 amide bonds. The topological polar surface area (TPSA) is 29.3 Å². The van der Waals surface area contributed by atoms with Gasteiger partial charge in [0.25, 0.3) is 0 Å². The van der Waals surface area contributed by atoms with Crippen LogP contribution in [0.3, 0.4) is 0 Å². The first kappa shape index (κ1) is 12.0. The quantitative estimate of drug-likeness (QED) is 0.758. The Balaban J connectivity index is 1.88. The molecular formula is C15H28N2. The summed E-state index contributed by atoms with van der Waals surface area (Å²) in [5.74, 6) is 0.834. The van der Waals surface area contributed by atoms with Gasteiger partial charge in [-0.2, -0.15) is 0 Å².